The fraction of sp³-hybridized carbons (Fsp3) is 0. The Kier molecular flexibility index (Phi) is 4.00. The minimum atomic E-state index is -1.07. The fourth-order valence-electron chi connectivity index (χ4n) is 2.43. The van der Waals surface area contributed by atoms with Crippen LogP contribution in [0.3, 0.4) is 0 Å². The van der Waals surface area contributed by atoms with E-state index >= 15 is 0 Å². The van der Waals surface area contributed by atoms with Crippen molar-refractivity contribution in [3.8, 4) is 11.8 Å². The summed E-state index contributed by atoms with van der Waals surface area (Å²) >= 11 is 0. The Hall–Kier alpha value is -3.58. The first-order chi connectivity index (χ1) is 11.6. The van der Waals surface area contributed by atoms with E-state index in [4.69, 9.17) is 5.11 Å². The molecule has 4 nitrogen and oxygen atoms in total. The molecule has 116 valence electrons. The first-order valence-corrected chi connectivity index (χ1v) is 7.16. The van der Waals surface area contributed by atoms with Crippen molar-refractivity contribution >= 4 is 22.7 Å². The molecule has 0 spiro atoms. The van der Waals surface area contributed by atoms with Gasteiger partial charge in [-0.1, -0.05) is 42.2 Å². The van der Waals surface area contributed by atoms with E-state index in [1.807, 2.05) is 30.3 Å². The normalized spacial score (nSPS) is 10.0. The molecule has 0 bridgehead atoms. The summed E-state index contributed by atoms with van der Waals surface area (Å²) in [5.41, 5.74) is 1.38. The van der Waals surface area contributed by atoms with Crippen LogP contribution in [0.25, 0.3) is 10.8 Å². The van der Waals surface area contributed by atoms with Crippen LogP contribution in [0.4, 0.5) is 0 Å². The van der Waals surface area contributed by atoms with E-state index in [1.165, 1.54) is 18.2 Å². The molecule has 0 heterocycles. The van der Waals surface area contributed by atoms with Crippen LogP contribution < -0.4 is 0 Å². The Balaban J connectivity index is 2.23. The lowest BCUT2D eigenvalue weighted by atomic mass is 9.97. The van der Waals surface area contributed by atoms with Gasteiger partial charge in [-0.3, -0.25) is 0 Å². The molecule has 0 aliphatic carbocycles. The SMILES string of the molecule is O=C(O)c1ccc2c(C#Cc3ccccc3)c(C(=O)O)ccc2c1. The average Bonchev–Trinajstić information content (AvgIpc) is 2.59. The highest BCUT2D eigenvalue weighted by molar-refractivity contribution is 6.02. The van der Waals surface area contributed by atoms with E-state index < -0.39 is 11.9 Å². The van der Waals surface area contributed by atoms with Crippen molar-refractivity contribution in [2.75, 3.05) is 0 Å². The smallest absolute Gasteiger partial charge is 0.336 e. The molecule has 0 saturated carbocycles. The molecule has 0 radical (unpaired) electrons. The molecule has 24 heavy (non-hydrogen) atoms. The topological polar surface area (TPSA) is 74.6 Å². The average molecular weight is 316 g/mol. The number of carboxylic acids is 2. The predicted molar refractivity (Wildman–Crippen MR) is 90.3 cm³/mol. The number of fused-ring (bicyclic) bond motifs is 1. The Bertz CT molecular complexity index is 1010. The van der Waals surface area contributed by atoms with Crippen molar-refractivity contribution in [1.82, 2.24) is 0 Å². The molecule has 0 atom stereocenters. The Morgan fingerprint density at radius 2 is 1.54 bits per heavy atom. The van der Waals surface area contributed by atoms with Gasteiger partial charge in [0.2, 0.25) is 0 Å². The molecular formula is C20H12O4. The largest absolute Gasteiger partial charge is 0.478 e. The van der Waals surface area contributed by atoms with Gasteiger partial charge in [0.1, 0.15) is 0 Å². The van der Waals surface area contributed by atoms with Gasteiger partial charge in [0, 0.05) is 11.1 Å². The van der Waals surface area contributed by atoms with Gasteiger partial charge in [0.05, 0.1) is 11.1 Å². The number of aromatic carboxylic acids is 2. The molecule has 0 amide bonds. The van der Waals surface area contributed by atoms with Crippen molar-refractivity contribution < 1.29 is 19.8 Å². The van der Waals surface area contributed by atoms with Crippen LogP contribution in [0.15, 0.2) is 60.7 Å². The lowest BCUT2D eigenvalue weighted by Gasteiger charge is -2.06. The van der Waals surface area contributed by atoms with Crippen molar-refractivity contribution in [3.63, 3.8) is 0 Å². The maximum atomic E-state index is 11.5. The van der Waals surface area contributed by atoms with E-state index in [9.17, 15) is 14.7 Å². The van der Waals surface area contributed by atoms with Crippen LogP contribution in [0.1, 0.15) is 31.8 Å². The van der Waals surface area contributed by atoms with Crippen LogP contribution in [-0.4, -0.2) is 22.2 Å². The molecule has 0 aliphatic heterocycles. The number of carbonyl (C=O) groups is 2. The third-order valence-electron chi connectivity index (χ3n) is 3.60. The lowest BCUT2D eigenvalue weighted by Crippen LogP contribution is -2.02. The monoisotopic (exact) mass is 316 g/mol. The molecule has 0 unspecified atom stereocenters. The Morgan fingerprint density at radius 3 is 2.21 bits per heavy atom. The van der Waals surface area contributed by atoms with Gasteiger partial charge in [0.25, 0.3) is 0 Å². The van der Waals surface area contributed by atoms with Crippen LogP contribution >= 0.6 is 0 Å². The van der Waals surface area contributed by atoms with Gasteiger partial charge < -0.3 is 10.2 Å². The molecule has 0 aliphatic rings. The van der Waals surface area contributed by atoms with Crippen molar-refractivity contribution in [3.05, 3.63) is 82.9 Å². The number of carboxylic acid groups (broad SMARTS) is 2. The summed E-state index contributed by atoms with van der Waals surface area (Å²) in [6, 6.07) is 16.8. The van der Waals surface area contributed by atoms with Crippen molar-refractivity contribution in [1.29, 1.82) is 0 Å². The van der Waals surface area contributed by atoms with E-state index in [0.29, 0.717) is 16.3 Å². The number of benzene rings is 3. The summed E-state index contributed by atoms with van der Waals surface area (Å²) < 4.78 is 0. The zero-order valence-corrected chi connectivity index (χ0v) is 12.5. The standard InChI is InChI=1S/C20H12O4/c21-19(22)15-8-10-16-14(12-15)7-11-18(20(23)24)17(16)9-6-13-4-2-1-3-5-13/h1-5,7-8,10-12H,(H,21,22)(H,23,24). The summed E-state index contributed by atoms with van der Waals surface area (Å²) in [7, 11) is 0. The lowest BCUT2D eigenvalue weighted by molar-refractivity contribution is 0.0685. The third kappa shape index (κ3) is 2.96. The third-order valence-corrected chi connectivity index (χ3v) is 3.60. The maximum absolute atomic E-state index is 11.5. The molecule has 3 rings (SSSR count). The number of hydrogen-bond acceptors (Lipinski definition) is 2. The molecule has 0 saturated heterocycles. The maximum Gasteiger partial charge on any atom is 0.336 e. The van der Waals surface area contributed by atoms with E-state index in [0.717, 1.165) is 5.56 Å². The van der Waals surface area contributed by atoms with Gasteiger partial charge in [-0.25, -0.2) is 9.59 Å². The highest BCUT2D eigenvalue weighted by Crippen LogP contribution is 2.23. The molecule has 0 aromatic heterocycles. The molecule has 2 N–H and O–H groups in total. The molecule has 0 fully saturated rings. The minimum absolute atomic E-state index is 0.0917. The zero-order valence-electron chi connectivity index (χ0n) is 12.5. The van der Waals surface area contributed by atoms with Crippen LogP contribution in [0, 0.1) is 11.8 Å². The summed E-state index contributed by atoms with van der Waals surface area (Å²) in [5.74, 6) is 3.78. The van der Waals surface area contributed by atoms with E-state index in [-0.39, 0.29) is 11.1 Å². The summed E-state index contributed by atoms with van der Waals surface area (Å²) in [6.07, 6.45) is 0. The Morgan fingerprint density at radius 1 is 0.792 bits per heavy atom. The van der Waals surface area contributed by atoms with E-state index in [1.54, 1.807) is 12.1 Å². The second-order valence-electron chi connectivity index (χ2n) is 5.15. The molecular weight excluding hydrogens is 304 g/mol. The van der Waals surface area contributed by atoms with Crippen molar-refractivity contribution in [2.24, 2.45) is 0 Å². The van der Waals surface area contributed by atoms with Gasteiger partial charge in [0.15, 0.2) is 0 Å². The van der Waals surface area contributed by atoms with Gasteiger partial charge in [-0.05, 0) is 41.1 Å². The van der Waals surface area contributed by atoms with Crippen molar-refractivity contribution in [2.45, 2.75) is 0 Å². The minimum Gasteiger partial charge on any atom is -0.478 e. The number of hydrogen-bond donors (Lipinski definition) is 2. The molecule has 4 heteroatoms. The first kappa shape index (κ1) is 15.3. The first-order valence-electron chi connectivity index (χ1n) is 7.16. The second kappa shape index (κ2) is 6.27. The highest BCUT2D eigenvalue weighted by Gasteiger charge is 2.13. The fourth-order valence-corrected chi connectivity index (χ4v) is 2.43. The number of rotatable bonds is 2. The van der Waals surface area contributed by atoms with Crippen LogP contribution in [0.2, 0.25) is 0 Å². The van der Waals surface area contributed by atoms with Gasteiger partial charge >= 0.3 is 11.9 Å². The summed E-state index contributed by atoms with van der Waals surface area (Å²) in [5, 5.41) is 19.7. The van der Waals surface area contributed by atoms with E-state index in [2.05, 4.69) is 11.8 Å². The second-order valence-corrected chi connectivity index (χ2v) is 5.15. The van der Waals surface area contributed by atoms with Crippen LogP contribution in [0.5, 0.6) is 0 Å². The summed E-state index contributed by atoms with van der Waals surface area (Å²) in [4.78, 5) is 22.6. The van der Waals surface area contributed by atoms with Gasteiger partial charge in [-0.15, -0.1) is 0 Å². The molecule has 3 aromatic carbocycles. The molecule has 3 aromatic rings. The summed E-state index contributed by atoms with van der Waals surface area (Å²) in [6.45, 7) is 0. The zero-order chi connectivity index (χ0) is 17.1. The van der Waals surface area contributed by atoms with Gasteiger partial charge in [-0.2, -0.15) is 0 Å². The van der Waals surface area contributed by atoms with Crippen LogP contribution in [-0.2, 0) is 0 Å². The predicted octanol–water partition coefficient (Wildman–Crippen LogP) is 3.64. The Labute approximate surface area is 138 Å². The quantitative estimate of drug-likeness (QED) is 0.708. The highest BCUT2D eigenvalue weighted by atomic mass is 16.4.